The van der Waals surface area contributed by atoms with Crippen LogP contribution in [0.2, 0.25) is 0 Å². The van der Waals surface area contributed by atoms with Crippen molar-refractivity contribution in [2.45, 2.75) is 12.1 Å². The Hall–Kier alpha value is -1.16. The summed E-state index contributed by atoms with van der Waals surface area (Å²) >= 11 is 3.25. The molecule has 1 fully saturated rings. The molecule has 0 radical (unpaired) electrons. The molecule has 2 atom stereocenters. The first-order valence-electron chi connectivity index (χ1n) is 4.78. The Morgan fingerprint density at radius 2 is 2.44 bits per heavy atom. The fourth-order valence-electron chi connectivity index (χ4n) is 1.50. The fraction of sp³-hybridized carbons (Fsp3) is 0.400. The zero-order valence-electron chi connectivity index (χ0n) is 8.35. The number of hydrogen-bond acceptors (Lipinski definition) is 5. The molecule has 1 aromatic heterocycles. The number of nitriles is 1. The van der Waals surface area contributed by atoms with E-state index in [2.05, 4.69) is 26.2 Å². The normalized spacial score (nSPS) is 24.1. The summed E-state index contributed by atoms with van der Waals surface area (Å²) in [6.07, 6.45) is 1.04. The van der Waals surface area contributed by atoms with Gasteiger partial charge >= 0.3 is 0 Å². The van der Waals surface area contributed by atoms with E-state index in [1.165, 1.54) is 0 Å². The van der Waals surface area contributed by atoms with Crippen LogP contribution in [0.4, 0.5) is 5.82 Å². The summed E-state index contributed by atoms with van der Waals surface area (Å²) in [5, 5.41) is 21.5. The van der Waals surface area contributed by atoms with Crippen LogP contribution in [-0.2, 0) is 4.74 Å². The lowest BCUT2D eigenvalue weighted by atomic mass is 10.2. The van der Waals surface area contributed by atoms with Crippen molar-refractivity contribution in [3.8, 4) is 6.07 Å². The standard InChI is InChI=1S/C10H10BrN3O2/c11-7-1-6(2-12)10(13-3-7)14-8-4-16-5-9(8)15/h1,3,8-9,15H,4-5H2,(H,13,14)/t8-,9-/m1/s1. The van der Waals surface area contributed by atoms with Gasteiger partial charge in [-0.05, 0) is 22.0 Å². The second kappa shape index (κ2) is 4.78. The summed E-state index contributed by atoms with van der Waals surface area (Å²) in [7, 11) is 0. The van der Waals surface area contributed by atoms with Gasteiger partial charge in [0.1, 0.15) is 11.9 Å². The average Bonchev–Trinajstić information content (AvgIpc) is 2.67. The number of aliphatic hydroxyl groups excluding tert-OH is 1. The summed E-state index contributed by atoms with van der Waals surface area (Å²) in [6.45, 7) is 0.736. The molecule has 16 heavy (non-hydrogen) atoms. The quantitative estimate of drug-likeness (QED) is 0.843. The van der Waals surface area contributed by atoms with Gasteiger partial charge in [0.05, 0.1) is 30.9 Å². The van der Waals surface area contributed by atoms with Crippen molar-refractivity contribution in [3.05, 3.63) is 22.3 Å². The topological polar surface area (TPSA) is 78.2 Å². The smallest absolute Gasteiger partial charge is 0.144 e. The van der Waals surface area contributed by atoms with Crippen LogP contribution in [0.25, 0.3) is 0 Å². The molecule has 2 heterocycles. The monoisotopic (exact) mass is 283 g/mol. The molecule has 0 unspecified atom stereocenters. The molecule has 1 aliphatic heterocycles. The predicted octanol–water partition coefficient (Wildman–Crippen LogP) is 0.887. The lowest BCUT2D eigenvalue weighted by molar-refractivity contribution is 0.125. The van der Waals surface area contributed by atoms with Gasteiger partial charge in [-0.15, -0.1) is 0 Å². The zero-order chi connectivity index (χ0) is 11.5. The molecule has 0 aliphatic carbocycles. The number of hydrogen-bond donors (Lipinski definition) is 2. The van der Waals surface area contributed by atoms with Crippen LogP contribution >= 0.6 is 15.9 Å². The molecule has 0 saturated carbocycles. The minimum absolute atomic E-state index is 0.208. The summed E-state index contributed by atoms with van der Waals surface area (Å²) in [5.41, 5.74) is 0.438. The van der Waals surface area contributed by atoms with Gasteiger partial charge in [0.2, 0.25) is 0 Å². The summed E-state index contributed by atoms with van der Waals surface area (Å²) in [6, 6.07) is 3.52. The summed E-state index contributed by atoms with van der Waals surface area (Å²) < 4.78 is 5.85. The molecule has 2 N–H and O–H groups in total. The van der Waals surface area contributed by atoms with Gasteiger partial charge < -0.3 is 15.2 Å². The highest BCUT2D eigenvalue weighted by Crippen LogP contribution is 2.19. The largest absolute Gasteiger partial charge is 0.388 e. The van der Waals surface area contributed by atoms with E-state index in [9.17, 15) is 5.11 Å². The molecule has 6 heteroatoms. The Balaban J connectivity index is 2.18. The van der Waals surface area contributed by atoms with E-state index in [0.717, 1.165) is 4.47 Å². The van der Waals surface area contributed by atoms with Gasteiger partial charge in [0, 0.05) is 10.7 Å². The van der Waals surface area contributed by atoms with Crippen molar-refractivity contribution >= 4 is 21.7 Å². The van der Waals surface area contributed by atoms with Crippen LogP contribution in [0.1, 0.15) is 5.56 Å². The van der Waals surface area contributed by atoms with Crippen molar-refractivity contribution in [3.63, 3.8) is 0 Å². The maximum atomic E-state index is 9.56. The van der Waals surface area contributed by atoms with Crippen LogP contribution in [0.3, 0.4) is 0 Å². The summed E-state index contributed by atoms with van der Waals surface area (Å²) in [5.74, 6) is 0.472. The molecule has 0 aromatic carbocycles. The average molecular weight is 284 g/mol. The van der Waals surface area contributed by atoms with E-state index in [1.54, 1.807) is 12.3 Å². The van der Waals surface area contributed by atoms with Gasteiger partial charge in [0.15, 0.2) is 0 Å². The first kappa shape index (κ1) is 11.3. The number of nitrogens with zero attached hydrogens (tertiary/aromatic N) is 2. The molecular formula is C10H10BrN3O2. The molecule has 0 amide bonds. The van der Waals surface area contributed by atoms with Crippen LogP contribution in [0.15, 0.2) is 16.7 Å². The van der Waals surface area contributed by atoms with E-state index < -0.39 is 6.10 Å². The number of aromatic nitrogens is 1. The van der Waals surface area contributed by atoms with Gasteiger partial charge in [-0.3, -0.25) is 0 Å². The van der Waals surface area contributed by atoms with Gasteiger partial charge in [-0.1, -0.05) is 0 Å². The molecule has 5 nitrogen and oxygen atoms in total. The van der Waals surface area contributed by atoms with Crippen molar-refractivity contribution in [1.29, 1.82) is 5.26 Å². The lowest BCUT2D eigenvalue weighted by Crippen LogP contribution is -2.32. The first-order valence-corrected chi connectivity index (χ1v) is 5.58. The third kappa shape index (κ3) is 2.32. The Bertz CT molecular complexity index is 433. The maximum absolute atomic E-state index is 9.56. The minimum atomic E-state index is -0.558. The Labute approximate surface area is 101 Å². The Morgan fingerprint density at radius 3 is 3.06 bits per heavy atom. The number of rotatable bonds is 2. The molecular weight excluding hydrogens is 274 g/mol. The molecule has 0 spiro atoms. The lowest BCUT2D eigenvalue weighted by Gasteiger charge is -2.15. The Morgan fingerprint density at radius 1 is 1.62 bits per heavy atom. The van der Waals surface area contributed by atoms with Gasteiger partial charge in [-0.25, -0.2) is 4.98 Å². The van der Waals surface area contributed by atoms with Crippen LogP contribution in [0, 0.1) is 11.3 Å². The summed E-state index contributed by atoms with van der Waals surface area (Å²) in [4.78, 5) is 4.10. The van der Waals surface area contributed by atoms with E-state index in [0.29, 0.717) is 24.6 Å². The van der Waals surface area contributed by atoms with Gasteiger partial charge in [-0.2, -0.15) is 5.26 Å². The fourth-order valence-corrected chi connectivity index (χ4v) is 1.83. The number of pyridine rings is 1. The molecule has 0 bridgehead atoms. The van der Waals surface area contributed by atoms with E-state index in [-0.39, 0.29) is 6.04 Å². The first-order chi connectivity index (χ1) is 7.70. The number of ether oxygens (including phenoxy) is 1. The van der Waals surface area contributed by atoms with E-state index in [1.807, 2.05) is 6.07 Å². The molecule has 1 saturated heterocycles. The zero-order valence-corrected chi connectivity index (χ0v) is 9.94. The molecule has 84 valence electrons. The highest BCUT2D eigenvalue weighted by Gasteiger charge is 2.26. The SMILES string of the molecule is N#Cc1cc(Br)cnc1N[C@@H]1COC[C@H]1O. The van der Waals surface area contributed by atoms with Gasteiger partial charge in [0.25, 0.3) is 0 Å². The number of nitrogens with one attached hydrogen (secondary N) is 1. The third-order valence-electron chi connectivity index (χ3n) is 2.35. The molecule has 1 aliphatic rings. The Kier molecular flexibility index (Phi) is 3.39. The van der Waals surface area contributed by atoms with Crippen LogP contribution in [-0.4, -0.2) is 35.5 Å². The van der Waals surface area contributed by atoms with Crippen molar-refractivity contribution < 1.29 is 9.84 Å². The molecule has 1 aromatic rings. The van der Waals surface area contributed by atoms with Crippen LogP contribution in [0.5, 0.6) is 0 Å². The second-order valence-electron chi connectivity index (χ2n) is 3.52. The highest BCUT2D eigenvalue weighted by atomic mass is 79.9. The number of anilines is 1. The number of aliphatic hydroxyl groups is 1. The predicted molar refractivity (Wildman–Crippen MR) is 60.9 cm³/mol. The third-order valence-corrected chi connectivity index (χ3v) is 2.78. The number of halogens is 1. The van der Waals surface area contributed by atoms with Crippen LogP contribution < -0.4 is 5.32 Å². The minimum Gasteiger partial charge on any atom is -0.388 e. The van der Waals surface area contributed by atoms with Crippen molar-refractivity contribution in [2.24, 2.45) is 0 Å². The van der Waals surface area contributed by atoms with Crippen molar-refractivity contribution in [2.75, 3.05) is 18.5 Å². The second-order valence-corrected chi connectivity index (χ2v) is 4.43. The maximum Gasteiger partial charge on any atom is 0.144 e. The highest BCUT2D eigenvalue weighted by molar-refractivity contribution is 9.10. The van der Waals surface area contributed by atoms with E-state index in [4.69, 9.17) is 10.00 Å². The van der Waals surface area contributed by atoms with E-state index >= 15 is 0 Å². The van der Waals surface area contributed by atoms with Crippen molar-refractivity contribution in [1.82, 2.24) is 4.98 Å². The molecule has 2 rings (SSSR count).